The second-order valence-electron chi connectivity index (χ2n) is 7.67. The van der Waals surface area contributed by atoms with Crippen LogP contribution >= 0.6 is 11.8 Å². The highest BCUT2D eigenvalue weighted by Gasteiger charge is 2.29. The minimum atomic E-state index is -0.201. The molecule has 10 heteroatoms. The SMILES string of the molecule is O=C(CC1CSc2nc3c(cnn3-c3ccccc3)c(=O)n21)NCCN1CCOCC1. The highest BCUT2D eigenvalue weighted by Crippen LogP contribution is 2.33. The molecule has 0 radical (unpaired) electrons. The Morgan fingerprint density at radius 3 is 2.84 bits per heavy atom. The van der Waals surface area contributed by atoms with E-state index in [-0.39, 0.29) is 23.9 Å². The van der Waals surface area contributed by atoms with Gasteiger partial charge in [-0.1, -0.05) is 30.0 Å². The number of benzene rings is 1. The van der Waals surface area contributed by atoms with Crippen molar-refractivity contribution in [2.45, 2.75) is 17.6 Å². The number of fused-ring (bicyclic) bond motifs is 2. The highest BCUT2D eigenvalue weighted by molar-refractivity contribution is 7.99. The third-order valence-corrected chi connectivity index (χ3v) is 6.74. The van der Waals surface area contributed by atoms with E-state index >= 15 is 0 Å². The summed E-state index contributed by atoms with van der Waals surface area (Å²) in [4.78, 5) is 32.7. The standard InChI is InChI=1S/C21H24N6O3S/c28-18(22-6-7-25-8-10-30-11-9-25)12-16-14-31-21-24-19-17(20(29)26(16)21)13-23-27(19)15-4-2-1-3-5-15/h1-5,13,16H,6-12,14H2,(H,22,28). The lowest BCUT2D eigenvalue weighted by Gasteiger charge is -2.26. The first-order chi connectivity index (χ1) is 15.2. The Balaban J connectivity index is 1.30. The van der Waals surface area contributed by atoms with Gasteiger partial charge >= 0.3 is 0 Å². The minimum Gasteiger partial charge on any atom is -0.379 e. The Bertz CT molecular complexity index is 1140. The number of rotatable bonds is 6. The molecular formula is C21H24N6O3S. The quantitative estimate of drug-likeness (QED) is 0.573. The van der Waals surface area contributed by atoms with Gasteiger partial charge in [0.2, 0.25) is 5.91 Å². The van der Waals surface area contributed by atoms with Crippen LogP contribution < -0.4 is 10.9 Å². The Morgan fingerprint density at radius 1 is 1.23 bits per heavy atom. The summed E-state index contributed by atoms with van der Waals surface area (Å²) in [5.41, 5.74) is 1.26. The maximum atomic E-state index is 13.2. The summed E-state index contributed by atoms with van der Waals surface area (Å²) in [5.74, 6) is 0.614. The lowest BCUT2D eigenvalue weighted by atomic mass is 10.2. The first-order valence-corrected chi connectivity index (χ1v) is 11.4. The van der Waals surface area contributed by atoms with Crippen LogP contribution in [0.5, 0.6) is 0 Å². The largest absolute Gasteiger partial charge is 0.379 e. The van der Waals surface area contributed by atoms with Crippen molar-refractivity contribution < 1.29 is 9.53 Å². The van der Waals surface area contributed by atoms with Gasteiger partial charge in [0.25, 0.3) is 5.56 Å². The number of carbonyl (C=O) groups is 1. The van der Waals surface area contributed by atoms with Crippen LogP contribution in [0.1, 0.15) is 12.5 Å². The van der Waals surface area contributed by atoms with Crippen LogP contribution in [-0.2, 0) is 9.53 Å². The van der Waals surface area contributed by atoms with Gasteiger partial charge in [-0.25, -0.2) is 9.67 Å². The zero-order valence-electron chi connectivity index (χ0n) is 17.1. The summed E-state index contributed by atoms with van der Waals surface area (Å²) in [6, 6.07) is 9.43. The van der Waals surface area contributed by atoms with Crippen LogP contribution in [0.4, 0.5) is 0 Å². The summed E-state index contributed by atoms with van der Waals surface area (Å²) < 4.78 is 8.68. The fourth-order valence-electron chi connectivity index (χ4n) is 4.00. The molecule has 1 fully saturated rings. The molecule has 0 bridgehead atoms. The molecule has 0 spiro atoms. The number of thioether (sulfide) groups is 1. The number of hydrogen-bond donors (Lipinski definition) is 1. The summed E-state index contributed by atoms with van der Waals surface area (Å²) in [6.07, 6.45) is 1.83. The second-order valence-corrected chi connectivity index (χ2v) is 8.66. The topological polar surface area (TPSA) is 94.3 Å². The summed E-state index contributed by atoms with van der Waals surface area (Å²) in [5, 5.41) is 8.47. The molecule has 0 saturated carbocycles. The Labute approximate surface area is 183 Å². The lowest BCUT2D eigenvalue weighted by Crippen LogP contribution is -2.41. The maximum absolute atomic E-state index is 13.2. The number of nitrogens with one attached hydrogen (secondary N) is 1. The zero-order valence-corrected chi connectivity index (χ0v) is 17.9. The molecule has 0 aliphatic carbocycles. The summed E-state index contributed by atoms with van der Waals surface area (Å²) in [6.45, 7) is 4.70. The monoisotopic (exact) mass is 440 g/mol. The van der Waals surface area contributed by atoms with Crippen molar-refractivity contribution in [3.8, 4) is 5.69 Å². The third kappa shape index (κ3) is 4.10. The molecule has 162 valence electrons. The van der Waals surface area contributed by atoms with Crippen molar-refractivity contribution in [1.29, 1.82) is 0 Å². The highest BCUT2D eigenvalue weighted by atomic mass is 32.2. The van der Waals surface area contributed by atoms with Crippen molar-refractivity contribution in [2.24, 2.45) is 0 Å². The molecule has 1 unspecified atom stereocenters. The molecule has 5 rings (SSSR count). The molecule has 2 aromatic heterocycles. The third-order valence-electron chi connectivity index (χ3n) is 5.65. The normalized spacial score (nSPS) is 18.9. The number of aromatic nitrogens is 4. The number of ether oxygens (including phenoxy) is 1. The average Bonchev–Trinajstić information content (AvgIpc) is 3.40. The van der Waals surface area contributed by atoms with E-state index in [0.717, 1.165) is 38.5 Å². The molecular weight excluding hydrogens is 416 g/mol. The van der Waals surface area contributed by atoms with Gasteiger partial charge in [0.1, 0.15) is 5.39 Å². The van der Waals surface area contributed by atoms with Gasteiger partial charge in [0.05, 0.1) is 31.1 Å². The van der Waals surface area contributed by atoms with Crippen LogP contribution in [0.25, 0.3) is 16.7 Å². The molecule has 3 aromatic rings. The van der Waals surface area contributed by atoms with Crippen molar-refractivity contribution in [2.75, 3.05) is 45.1 Å². The van der Waals surface area contributed by atoms with Gasteiger partial charge in [-0.05, 0) is 12.1 Å². The van der Waals surface area contributed by atoms with Gasteiger partial charge < -0.3 is 10.1 Å². The Kier molecular flexibility index (Phi) is 5.75. The van der Waals surface area contributed by atoms with Crippen molar-refractivity contribution >= 4 is 28.7 Å². The summed E-state index contributed by atoms with van der Waals surface area (Å²) in [7, 11) is 0. The second kappa shape index (κ2) is 8.81. The minimum absolute atomic E-state index is 0.0429. The number of nitrogens with zero attached hydrogens (tertiary/aromatic N) is 5. The van der Waals surface area contributed by atoms with E-state index in [1.165, 1.54) is 11.8 Å². The first kappa shape index (κ1) is 20.2. The Morgan fingerprint density at radius 2 is 2.03 bits per heavy atom. The zero-order chi connectivity index (χ0) is 21.2. The van der Waals surface area contributed by atoms with E-state index in [2.05, 4.69) is 15.3 Å². The molecule has 4 heterocycles. The van der Waals surface area contributed by atoms with Gasteiger partial charge in [0.15, 0.2) is 10.8 Å². The Hall–Kier alpha value is -2.69. The molecule has 2 aliphatic rings. The number of hydrogen-bond acceptors (Lipinski definition) is 7. The van der Waals surface area contributed by atoms with Crippen LogP contribution in [0.3, 0.4) is 0 Å². The lowest BCUT2D eigenvalue weighted by molar-refractivity contribution is -0.121. The summed E-state index contributed by atoms with van der Waals surface area (Å²) >= 11 is 1.51. The van der Waals surface area contributed by atoms with Gasteiger partial charge in [0, 0.05) is 38.4 Å². The van der Waals surface area contributed by atoms with Crippen LogP contribution in [0, 0.1) is 0 Å². The van der Waals surface area contributed by atoms with Crippen LogP contribution in [0.15, 0.2) is 46.5 Å². The number of para-hydroxylation sites is 1. The predicted molar refractivity (Wildman–Crippen MR) is 118 cm³/mol. The van der Waals surface area contributed by atoms with E-state index in [1.807, 2.05) is 30.3 Å². The van der Waals surface area contributed by atoms with Crippen molar-refractivity contribution in [3.05, 3.63) is 46.9 Å². The number of amides is 1. The van der Waals surface area contributed by atoms with Gasteiger partial charge in [-0.2, -0.15) is 5.10 Å². The maximum Gasteiger partial charge on any atom is 0.265 e. The molecule has 1 N–H and O–H groups in total. The molecule has 9 nitrogen and oxygen atoms in total. The van der Waals surface area contributed by atoms with Crippen LogP contribution in [-0.4, -0.2) is 75.3 Å². The van der Waals surface area contributed by atoms with Gasteiger partial charge in [-0.15, -0.1) is 0 Å². The fourth-order valence-corrected chi connectivity index (χ4v) is 5.13. The first-order valence-electron chi connectivity index (χ1n) is 10.5. The molecule has 1 amide bonds. The van der Waals surface area contributed by atoms with Crippen LogP contribution in [0.2, 0.25) is 0 Å². The molecule has 1 atom stereocenters. The average molecular weight is 441 g/mol. The molecule has 1 aromatic carbocycles. The number of carbonyl (C=O) groups excluding carboxylic acids is 1. The van der Waals surface area contributed by atoms with E-state index in [0.29, 0.717) is 28.5 Å². The van der Waals surface area contributed by atoms with E-state index in [9.17, 15) is 9.59 Å². The number of morpholine rings is 1. The van der Waals surface area contributed by atoms with E-state index in [4.69, 9.17) is 9.72 Å². The molecule has 1 saturated heterocycles. The predicted octanol–water partition coefficient (Wildman–Crippen LogP) is 1.07. The van der Waals surface area contributed by atoms with E-state index in [1.54, 1.807) is 15.4 Å². The molecule has 31 heavy (non-hydrogen) atoms. The molecule has 2 aliphatic heterocycles. The van der Waals surface area contributed by atoms with E-state index < -0.39 is 0 Å². The smallest absolute Gasteiger partial charge is 0.265 e. The van der Waals surface area contributed by atoms with Gasteiger partial charge in [-0.3, -0.25) is 19.1 Å². The van der Waals surface area contributed by atoms with Crippen molar-refractivity contribution in [3.63, 3.8) is 0 Å². The van der Waals surface area contributed by atoms with Crippen molar-refractivity contribution in [1.82, 2.24) is 29.5 Å². The fraction of sp³-hybridized carbons (Fsp3) is 0.429.